The van der Waals surface area contributed by atoms with Gasteiger partial charge in [0.1, 0.15) is 5.82 Å². The third-order valence-electron chi connectivity index (χ3n) is 5.42. The van der Waals surface area contributed by atoms with Gasteiger partial charge < -0.3 is 30.5 Å². The molecular weight excluding hydrogens is 526 g/mol. The topological polar surface area (TPSA) is 92.3 Å². The highest BCUT2D eigenvalue weighted by molar-refractivity contribution is 14.0. The van der Waals surface area contributed by atoms with Gasteiger partial charge in [0.05, 0.1) is 32.6 Å². The molecule has 2 aromatic carbocycles. The molecule has 0 aliphatic carbocycles. The third-order valence-corrected chi connectivity index (χ3v) is 5.42. The number of aliphatic hydroxyl groups excluding tert-OH is 1. The number of nitrogens with two attached hydrogens (primary N) is 1. The maximum Gasteiger partial charge on any atom is 0.188 e. The number of nitrogens with one attached hydrogen (secondary N) is 1. The van der Waals surface area contributed by atoms with Crippen LogP contribution < -0.4 is 25.4 Å². The average molecular weight is 558 g/mol. The Labute approximate surface area is 205 Å². The van der Waals surface area contributed by atoms with Crippen molar-refractivity contribution in [3.8, 4) is 11.5 Å². The predicted molar refractivity (Wildman–Crippen MR) is 136 cm³/mol. The van der Waals surface area contributed by atoms with Crippen molar-refractivity contribution >= 4 is 35.6 Å². The lowest BCUT2D eigenvalue weighted by Crippen LogP contribution is -2.36. The van der Waals surface area contributed by atoms with Crippen LogP contribution in [0, 0.1) is 5.82 Å². The first-order valence-electron chi connectivity index (χ1n) is 10.5. The highest BCUT2D eigenvalue weighted by atomic mass is 127. The van der Waals surface area contributed by atoms with Gasteiger partial charge in [-0.1, -0.05) is 12.1 Å². The fourth-order valence-corrected chi connectivity index (χ4v) is 3.62. The normalized spacial score (nSPS) is 14.6. The minimum atomic E-state index is -0.282. The number of aliphatic imine (C=N–C) groups is 1. The fourth-order valence-electron chi connectivity index (χ4n) is 3.62. The summed E-state index contributed by atoms with van der Waals surface area (Å²) in [6, 6.07) is 10.9. The number of benzene rings is 2. The lowest BCUT2D eigenvalue weighted by molar-refractivity contribution is 0.145. The van der Waals surface area contributed by atoms with E-state index < -0.39 is 0 Å². The molecular formula is C23H32FIN4O3. The highest BCUT2D eigenvalue weighted by Gasteiger charge is 2.19. The van der Waals surface area contributed by atoms with E-state index in [2.05, 4.69) is 10.3 Å². The molecule has 0 amide bonds. The second-order valence-corrected chi connectivity index (χ2v) is 7.57. The summed E-state index contributed by atoms with van der Waals surface area (Å²) in [6.45, 7) is 2.23. The van der Waals surface area contributed by atoms with E-state index >= 15 is 0 Å². The number of guanidine groups is 1. The van der Waals surface area contributed by atoms with E-state index in [9.17, 15) is 9.50 Å². The van der Waals surface area contributed by atoms with Crippen LogP contribution in [-0.2, 0) is 13.0 Å². The molecule has 0 radical (unpaired) electrons. The third kappa shape index (κ3) is 7.13. The summed E-state index contributed by atoms with van der Waals surface area (Å²) in [6.07, 6.45) is 1.79. The smallest absolute Gasteiger partial charge is 0.188 e. The van der Waals surface area contributed by atoms with Crippen molar-refractivity contribution < 1.29 is 19.0 Å². The van der Waals surface area contributed by atoms with Crippen LogP contribution in [0.5, 0.6) is 11.5 Å². The molecule has 176 valence electrons. The van der Waals surface area contributed by atoms with Crippen molar-refractivity contribution in [2.75, 3.05) is 38.8 Å². The minimum Gasteiger partial charge on any atom is -0.493 e. The zero-order valence-electron chi connectivity index (χ0n) is 18.5. The van der Waals surface area contributed by atoms with Gasteiger partial charge in [-0.15, -0.1) is 24.0 Å². The van der Waals surface area contributed by atoms with Crippen molar-refractivity contribution in [2.45, 2.75) is 31.9 Å². The summed E-state index contributed by atoms with van der Waals surface area (Å²) in [5.74, 6) is 1.42. The Morgan fingerprint density at radius 3 is 2.47 bits per heavy atom. The summed E-state index contributed by atoms with van der Waals surface area (Å²) in [5, 5.41) is 12.7. The van der Waals surface area contributed by atoms with Gasteiger partial charge >= 0.3 is 0 Å². The number of halogens is 2. The second kappa shape index (κ2) is 12.7. The van der Waals surface area contributed by atoms with E-state index in [0.29, 0.717) is 62.2 Å². The molecule has 9 heteroatoms. The standard InChI is InChI=1S/C23H31FN4O3.HI/c1-30-21-6-4-16(14-22(21)31-2)7-10-26-23(25)27-15-17-3-5-20(19(24)13-17)28-11-8-18(29)9-12-28;/h3-6,13-14,18,29H,7-12,15H2,1-2H3,(H3,25,26,27);1H. The van der Waals surface area contributed by atoms with Crippen LogP contribution in [0.3, 0.4) is 0 Å². The number of methoxy groups -OCH3 is 2. The van der Waals surface area contributed by atoms with Crippen LogP contribution >= 0.6 is 24.0 Å². The van der Waals surface area contributed by atoms with E-state index in [-0.39, 0.29) is 35.9 Å². The number of anilines is 1. The number of hydrogen-bond donors (Lipinski definition) is 3. The first kappa shape index (κ1) is 26.0. The molecule has 1 aliphatic heterocycles. The summed E-state index contributed by atoms with van der Waals surface area (Å²) in [4.78, 5) is 6.28. The van der Waals surface area contributed by atoms with Gasteiger partial charge in [-0.25, -0.2) is 9.38 Å². The van der Waals surface area contributed by atoms with E-state index in [4.69, 9.17) is 15.2 Å². The molecule has 0 spiro atoms. The van der Waals surface area contributed by atoms with Gasteiger partial charge in [0, 0.05) is 19.6 Å². The lowest BCUT2D eigenvalue weighted by atomic mass is 10.1. The van der Waals surface area contributed by atoms with Crippen LogP contribution in [0.25, 0.3) is 0 Å². The van der Waals surface area contributed by atoms with Gasteiger partial charge in [-0.2, -0.15) is 0 Å². The molecule has 2 aromatic rings. The maximum absolute atomic E-state index is 14.5. The molecule has 0 bridgehead atoms. The molecule has 1 aliphatic rings. The number of piperidine rings is 1. The fraction of sp³-hybridized carbons (Fsp3) is 0.435. The maximum atomic E-state index is 14.5. The SMILES string of the molecule is COc1ccc(CCNC(N)=NCc2ccc(N3CCC(O)CC3)c(F)c2)cc1OC.I. The van der Waals surface area contributed by atoms with E-state index in [1.54, 1.807) is 20.3 Å². The Bertz CT molecular complexity index is 905. The molecule has 32 heavy (non-hydrogen) atoms. The number of aliphatic hydroxyl groups is 1. The molecule has 0 aromatic heterocycles. The van der Waals surface area contributed by atoms with E-state index in [1.807, 2.05) is 29.2 Å². The number of rotatable bonds is 8. The van der Waals surface area contributed by atoms with Crippen molar-refractivity contribution in [3.63, 3.8) is 0 Å². The summed E-state index contributed by atoms with van der Waals surface area (Å²) >= 11 is 0. The number of ether oxygens (including phenoxy) is 2. The molecule has 1 fully saturated rings. The van der Waals surface area contributed by atoms with Gasteiger partial charge in [0.2, 0.25) is 0 Å². The Morgan fingerprint density at radius 1 is 1.12 bits per heavy atom. The van der Waals surface area contributed by atoms with Gasteiger partial charge in [0.25, 0.3) is 0 Å². The first-order valence-corrected chi connectivity index (χ1v) is 10.5. The van der Waals surface area contributed by atoms with Crippen LogP contribution in [0.1, 0.15) is 24.0 Å². The minimum absolute atomic E-state index is 0. The molecule has 0 unspecified atom stereocenters. The van der Waals surface area contributed by atoms with Crippen LogP contribution in [0.15, 0.2) is 41.4 Å². The zero-order chi connectivity index (χ0) is 22.2. The molecule has 1 heterocycles. The molecule has 7 nitrogen and oxygen atoms in total. The summed E-state index contributed by atoms with van der Waals surface area (Å²) in [5.41, 5.74) is 8.36. The molecule has 1 saturated heterocycles. The number of hydrogen-bond acceptors (Lipinski definition) is 5. The summed E-state index contributed by atoms with van der Waals surface area (Å²) < 4.78 is 25.1. The zero-order valence-corrected chi connectivity index (χ0v) is 20.8. The Balaban J connectivity index is 0.00000363. The molecule has 4 N–H and O–H groups in total. The second-order valence-electron chi connectivity index (χ2n) is 7.57. The van der Waals surface area contributed by atoms with E-state index in [0.717, 1.165) is 17.5 Å². The Hall–Kier alpha value is -2.27. The number of nitrogens with zero attached hydrogens (tertiary/aromatic N) is 2. The molecule has 0 atom stereocenters. The van der Waals surface area contributed by atoms with Crippen LogP contribution in [-0.4, -0.2) is 51.0 Å². The van der Waals surface area contributed by atoms with Crippen molar-refractivity contribution in [3.05, 3.63) is 53.3 Å². The van der Waals surface area contributed by atoms with Gasteiger partial charge in [0.15, 0.2) is 17.5 Å². The Morgan fingerprint density at radius 2 is 1.81 bits per heavy atom. The first-order chi connectivity index (χ1) is 15.0. The van der Waals surface area contributed by atoms with Crippen LogP contribution in [0.4, 0.5) is 10.1 Å². The monoisotopic (exact) mass is 558 g/mol. The average Bonchev–Trinajstić information content (AvgIpc) is 2.78. The quantitative estimate of drug-likeness (QED) is 0.262. The highest BCUT2D eigenvalue weighted by Crippen LogP contribution is 2.27. The summed E-state index contributed by atoms with van der Waals surface area (Å²) in [7, 11) is 3.21. The molecule has 3 rings (SSSR count). The molecule has 0 saturated carbocycles. The van der Waals surface area contributed by atoms with Crippen molar-refractivity contribution in [1.29, 1.82) is 0 Å². The van der Waals surface area contributed by atoms with Gasteiger partial charge in [-0.05, 0) is 54.7 Å². The van der Waals surface area contributed by atoms with Crippen LogP contribution in [0.2, 0.25) is 0 Å². The van der Waals surface area contributed by atoms with E-state index in [1.165, 1.54) is 6.07 Å². The van der Waals surface area contributed by atoms with Crippen molar-refractivity contribution in [1.82, 2.24) is 5.32 Å². The predicted octanol–water partition coefficient (Wildman–Crippen LogP) is 3.07. The lowest BCUT2D eigenvalue weighted by Gasteiger charge is -2.31. The van der Waals surface area contributed by atoms with Gasteiger partial charge in [-0.3, -0.25) is 0 Å². The Kier molecular flexibility index (Phi) is 10.3. The van der Waals surface area contributed by atoms with Crippen molar-refractivity contribution in [2.24, 2.45) is 10.7 Å². The largest absolute Gasteiger partial charge is 0.493 e.